The molecule has 0 aliphatic rings. The van der Waals surface area contributed by atoms with Crippen molar-refractivity contribution in [3.8, 4) is 0 Å². The van der Waals surface area contributed by atoms with E-state index in [0.29, 0.717) is 6.54 Å². The zero-order chi connectivity index (χ0) is 13.5. The van der Waals surface area contributed by atoms with Crippen LogP contribution in [0.5, 0.6) is 0 Å². The van der Waals surface area contributed by atoms with Gasteiger partial charge in [0.25, 0.3) is 5.91 Å². The predicted octanol–water partition coefficient (Wildman–Crippen LogP) is 1.49. The summed E-state index contributed by atoms with van der Waals surface area (Å²) in [6, 6.07) is 1.30. The first-order valence-corrected chi connectivity index (χ1v) is 5.75. The predicted molar refractivity (Wildman–Crippen MR) is 67.2 cm³/mol. The molecule has 0 saturated heterocycles. The molecule has 0 atom stereocenters. The molecule has 18 heavy (non-hydrogen) atoms. The number of nitro groups is 1. The first-order chi connectivity index (χ1) is 8.57. The van der Waals surface area contributed by atoms with Crippen LogP contribution in [0.25, 0.3) is 0 Å². The van der Waals surface area contributed by atoms with Crippen molar-refractivity contribution in [2.24, 2.45) is 0 Å². The molecule has 1 aromatic rings. The van der Waals surface area contributed by atoms with E-state index >= 15 is 0 Å². The number of unbranched alkanes of at least 4 members (excludes halogenated alkanes) is 2. The van der Waals surface area contributed by atoms with E-state index in [9.17, 15) is 14.9 Å². The third-order valence-corrected chi connectivity index (χ3v) is 2.45. The van der Waals surface area contributed by atoms with Crippen molar-refractivity contribution in [2.75, 3.05) is 12.3 Å². The maximum absolute atomic E-state index is 11.8. The van der Waals surface area contributed by atoms with Crippen molar-refractivity contribution < 1.29 is 9.72 Å². The van der Waals surface area contributed by atoms with E-state index in [2.05, 4.69) is 17.2 Å². The summed E-state index contributed by atoms with van der Waals surface area (Å²) < 4.78 is 0. The van der Waals surface area contributed by atoms with Crippen molar-refractivity contribution in [2.45, 2.75) is 26.2 Å². The molecule has 98 valence electrons. The summed E-state index contributed by atoms with van der Waals surface area (Å²) in [4.78, 5) is 25.5. The van der Waals surface area contributed by atoms with Gasteiger partial charge in [-0.15, -0.1) is 0 Å². The second kappa shape index (κ2) is 6.53. The van der Waals surface area contributed by atoms with E-state index in [0.717, 1.165) is 19.3 Å². The van der Waals surface area contributed by atoms with Crippen molar-refractivity contribution >= 4 is 17.4 Å². The molecule has 0 radical (unpaired) electrons. The quantitative estimate of drug-likeness (QED) is 0.452. The molecule has 0 aliphatic heterocycles. The first kappa shape index (κ1) is 13.9. The van der Waals surface area contributed by atoms with Gasteiger partial charge in [-0.25, -0.2) is 4.98 Å². The molecule has 0 spiro atoms. The number of hydrogen-bond acceptors (Lipinski definition) is 5. The van der Waals surface area contributed by atoms with E-state index in [1.54, 1.807) is 0 Å². The minimum atomic E-state index is -0.691. The molecule has 7 nitrogen and oxygen atoms in total. The SMILES string of the molecule is CCCCCNC(=O)c1ccnc(N)c1[N+](=O)[O-]. The monoisotopic (exact) mass is 252 g/mol. The number of carbonyl (C=O) groups is 1. The molecule has 1 aromatic heterocycles. The molecule has 0 aliphatic carbocycles. The highest BCUT2D eigenvalue weighted by Gasteiger charge is 2.23. The molecule has 0 fully saturated rings. The largest absolute Gasteiger partial charge is 0.378 e. The van der Waals surface area contributed by atoms with Crippen molar-refractivity contribution in [1.29, 1.82) is 0 Å². The molecule has 3 N–H and O–H groups in total. The molecule has 0 aromatic carbocycles. The van der Waals surface area contributed by atoms with E-state index in [-0.39, 0.29) is 11.4 Å². The minimum Gasteiger partial charge on any atom is -0.378 e. The van der Waals surface area contributed by atoms with Crippen LogP contribution in [0.1, 0.15) is 36.5 Å². The average Bonchev–Trinajstić information content (AvgIpc) is 2.33. The maximum Gasteiger partial charge on any atom is 0.323 e. The van der Waals surface area contributed by atoms with Crippen LogP contribution in [-0.2, 0) is 0 Å². The number of hydrogen-bond donors (Lipinski definition) is 2. The molecule has 7 heteroatoms. The van der Waals surface area contributed by atoms with E-state index in [4.69, 9.17) is 5.73 Å². The molecule has 1 rings (SSSR count). The van der Waals surface area contributed by atoms with Crippen LogP contribution in [0.3, 0.4) is 0 Å². The number of pyridine rings is 1. The topological polar surface area (TPSA) is 111 Å². The molecule has 0 bridgehead atoms. The fraction of sp³-hybridized carbons (Fsp3) is 0.455. The lowest BCUT2D eigenvalue weighted by Crippen LogP contribution is -2.25. The van der Waals surface area contributed by atoms with Crippen molar-refractivity contribution in [3.63, 3.8) is 0 Å². The van der Waals surface area contributed by atoms with Crippen molar-refractivity contribution in [3.05, 3.63) is 27.9 Å². The summed E-state index contributed by atoms with van der Waals surface area (Å²) in [5, 5.41) is 13.5. The zero-order valence-corrected chi connectivity index (χ0v) is 10.2. The van der Waals surface area contributed by atoms with Crippen LogP contribution in [0.15, 0.2) is 12.3 Å². The van der Waals surface area contributed by atoms with E-state index in [1.807, 2.05) is 0 Å². The van der Waals surface area contributed by atoms with Gasteiger partial charge in [0.1, 0.15) is 5.56 Å². The van der Waals surface area contributed by atoms with Gasteiger partial charge in [-0.3, -0.25) is 14.9 Å². The third kappa shape index (κ3) is 3.41. The third-order valence-electron chi connectivity index (χ3n) is 2.45. The number of nitrogens with two attached hydrogens (primary N) is 1. The normalized spacial score (nSPS) is 10.1. The Kier molecular flexibility index (Phi) is 5.04. The molecular formula is C11H16N4O3. The summed E-state index contributed by atoms with van der Waals surface area (Å²) in [5.41, 5.74) is 4.91. The lowest BCUT2D eigenvalue weighted by atomic mass is 10.2. The van der Waals surface area contributed by atoms with Gasteiger partial charge in [-0.1, -0.05) is 19.8 Å². The molecule has 0 saturated carbocycles. The summed E-state index contributed by atoms with van der Waals surface area (Å²) >= 11 is 0. The molecular weight excluding hydrogens is 236 g/mol. The number of anilines is 1. The Bertz CT molecular complexity index is 448. The number of carbonyl (C=O) groups excluding carboxylic acids is 1. The fourth-order valence-electron chi connectivity index (χ4n) is 1.52. The highest BCUT2D eigenvalue weighted by atomic mass is 16.6. The number of amides is 1. The van der Waals surface area contributed by atoms with Crippen LogP contribution in [0.2, 0.25) is 0 Å². The Hall–Kier alpha value is -2.18. The Morgan fingerprint density at radius 1 is 1.56 bits per heavy atom. The first-order valence-electron chi connectivity index (χ1n) is 5.75. The highest BCUT2D eigenvalue weighted by molar-refractivity contribution is 5.99. The summed E-state index contributed by atoms with van der Waals surface area (Å²) in [6.45, 7) is 2.54. The van der Waals surface area contributed by atoms with Gasteiger partial charge in [0, 0.05) is 12.7 Å². The number of aromatic nitrogens is 1. The summed E-state index contributed by atoms with van der Waals surface area (Å²) in [6.07, 6.45) is 4.17. The fourth-order valence-corrected chi connectivity index (χ4v) is 1.52. The van der Waals surface area contributed by atoms with Crippen LogP contribution in [-0.4, -0.2) is 22.4 Å². The second-order valence-corrected chi connectivity index (χ2v) is 3.81. The van der Waals surface area contributed by atoms with Crippen LogP contribution >= 0.6 is 0 Å². The average molecular weight is 252 g/mol. The van der Waals surface area contributed by atoms with E-state index < -0.39 is 16.5 Å². The van der Waals surface area contributed by atoms with Gasteiger partial charge in [-0.2, -0.15) is 0 Å². The number of nitrogens with zero attached hydrogens (tertiary/aromatic N) is 2. The van der Waals surface area contributed by atoms with Gasteiger partial charge in [0.2, 0.25) is 5.82 Å². The van der Waals surface area contributed by atoms with Gasteiger partial charge in [0.05, 0.1) is 4.92 Å². The summed E-state index contributed by atoms with van der Waals surface area (Å²) in [7, 11) is 0. The van der Waals surface area contributed by atoms with Crippen molar-refractivity contribution in [1.82, 2.24) is 10.3 Å². The molecule has 1 amide bonds. The second-order valence-electron chi connectivity index (χ2n) is 3.81. The van der Waals surface area contributed by atoms with Gasteiger partial charge in [0.15, 0.2) is 0 Å². The zero-order valence-electron chi connectivity index (χ0n) is 10.2. The van der Waals surface area contributed by atoms with Crippen LogP contribution in [0.4, 0.5) is 11.5 Å². The standard InChI is InChI=1S/C11H16N4O3/c1-2-3-4-6-14-11(16)8-5-7-13-10(12)9(8)15(17)18/h5,7H,2-4,6H2,1H3,(H2,12,13)(H,14,16). The van der Waals surface area contributed by atoms with Crippen LogP contribution in [0, 0.1) is 10.1 Å². The maximum atomic E-state index is 11.8. The lowest BCUT2D eigenvalue weighted by molar-refractivity contribution is -0.384. The molecule has 0 unspecified atom stereocenters. The number of nitrogen functional groups attached to an aromatic ring is 1. The Morgan fingerprint density at radius 2 is 2.28 bits per heavy atom. The summed E-state index contributed by atoms with van der Waals surface area (Å²) in [5.74, 6) is -0.742. The number of rotatable bonds is 6. The highest BCUT2D eigenvalue weighted by Crippen LogP contribution is 2.23. The van der Waals surface area contributed by atoms with E-state index in [1.165, 1.54) is 12.3 Å². The Balaban J connectivity index is 2.79. The minimum absolute atomic E-state index is 0.0519. The number of nitrogens with one attached hydrogen (secondary N) is 1. The van der Waals surface area contributed by atoms with Crippen LogP contribution < -0.4 is 11.1 Å². The lowest BCUT2D eigenvalue weighted by Gasteiger charge is -2.06. The van der Waals surface area contributed by atoms with Gasteiger partial charge < -0.3 is 11.1 Å². The Morgan fingerprint density at radius 3 is 2.89 bits per heavy atom. The molecule has 1 heterocycles. The Labute approximate surface area is 105 Å². The smallest absolute Gasteiger partial charge is 0.323 e. The van der Waals surface area contributed by atoms with Gasteiger partial charge in [-0.05, 0) is 12.5 Å². The van der Waals surface area contributed by atoms with Gasteiger partial charge >= 0.3 is 5.69 Å².